The Morgan fingerprint density at radius 2 is 2.25 bits per heavy atom. The Hall–Kier alpha value is -1.55. The van der Waals surface area contributed by atoms with Gasteiger partial charge in [-0.15, -0.1) is 0 Å². The lowest BCUT2D eigenvalue weighted by Crippen LogP contribution is -2.35. The molecule has 0 spiro atoms. The number of rotatable bonds is 6. The molecule has 1 N–H and O–H groups in total. The molecule has 110 valence electrons. The van der Waals surface area contributed by atoms with Crippen molar-refractivity contribution in [3.63, 3.8) is 0 Å². The van der Waals surface area contributed by atoms with Crippen LogP contribution in [-0.4, -0.2) is 42.2 Å². The Balaban J connectivity index is 1.74. The molecule has 1 saturated heterocycles. The van der Waals surface area contributed by atoms with E-state index in [1.54, 1.807) is 24.3 Å². The average molecular weight is 277 g/mol. The summed E-state index contributed by atoms with van der Waals surface area (Å²) in [5.41, 5.74) is 0.235. The molecule has 0 aromatic heterocycles. The highest BCUT2D eigenvalue weighted by Gasteiger charge is 2.15. The van der Waals surface area contributed by atoms with E-state index >= 15 is 0 Å². The molecular formula is C16H23NO3. The Bertz CT molecular complexity index is 447. The number of aromatic carboxylic acids is 1. The van der Waals surface area contributed by atoms with Crippen LogP contribution in [0.15, 0.2) is 24.3 Å². The monoisotopic (exact) mass is 277 g/mol. The van der Waals surface area contributed by atoms with E-state index in [9.17, 15) is 4.79 Å². The minimum atomic E-state index is -0.939. The fraction of sp³-hybridized carbons (Fsp3) is 0.562. The van der Waals surface area contributed by atoms with Crippen molar-refractivity contribution in [1.29, 1.82) is 0 Å². The summed E-state index contributed by atoms with van der Waals surface area (Å²) in [6.45, 7) is 6.24. The molecule has 1 aromatic rings. The summed E-state index contributed by atoms with van der Waals surface area (Å²) in [5, 5.41) is 9.07. The van der Waals surface area contributed by atoms with E-state index in [0.29, 0.717) is 12.4 Å². The number of carboxylic acid groups (broad SMARTS) is 1. The molecule has 0 radical (unpaired) electrons. The third-order valence-electron chi connectivity index (χ3n) is 3.73. The van der Waals surface area contributed by atoms with Crippen LogP contribution in [0.2, 0.25) is 0 Å². The lowest BCUT2D eigenvalue weighted by atomic mass is 10.0. The number of nitrogens with zero attached hydrogens (tertiary/aromatic N) is 1. The maximum absolute atomic E-state index is 11.0. The van der Waals surface area contributed by atoms with Crippen molar-refractivity contribution in [3.05, 3.63) is 29.8 Å². The van der Waals surface area contributed by atoms with Gasteiger partial charge in [0.1, 0.15) is 11.3 Å². The van der Waals surface area contributed by atoms with Crippen molar-refractivity contribution in [3.8, 4) is 5.75 Å². The van der Waals surface area contributed by atoms with Gasteiger partial charge in [-0.2, -0.15) is 0 Å². The Morgan fingerprint density at radius 3 is 3.00 bits per heavy atom. The Morgan fingerprint density at radius 1 is 1.45 bits per heavy atom. The van der Waals surface area contributed by atoms with Crippen LogP contribution in [0.5, 0.6) is 5.75 Å². The predicted molar refractivity (Wildman–Crippen MR) is 78.4 cm³/mol. The second-order valence-corrected chi connectivity index (χ2v) is 5.55. The molecule has 4 nitrogen and oxygen atoms in total. The van der Waals surface area contributed by atoms with Crippen molar-refractivity contribution in [2.45, 2.75) is 26.2 Å². The van der Waals surface area contributed by atoms with E-state index in [0.717, 1.165) is 18.9 Å². The highest BCUT2D eigenvalue weighted by Crippen LogP contribution is 2.18. The van der Waals surface area contributed by atoms with E-state index in [4.69, 9.17) is 9.84 Å². The fourth-order valence-electron chi connectivity index (χ4n) is 2.73. The maximum atomic E-state index is 11.0. The summed E-state index contributed by atoms with van der Waals surface area (Å²) < 4.78 is 5.61. The summed E-state index contributed by atoms with van der Waals surface area (Å²) in [5.74, 6) is 0.315. The van der Waals surface area contributed by atoms with Gasteiger partial charge in [0.2, 0.25) is 0 Å². The lowest BCUT2D eigenvalue weighted by molar-refractivity contribution is 0.0692. The first-order valence-corrected chi connectivity index (χ1v) is 7.34. The van der Waals surface area contributed by atoms with Gasteiger partial charge in [0.25, 0.3) is 0 Å². The van der Waals surface area contributed by atoms with Gasteiger partial charge < -0.3 is 14.7 Å². The van der Waals surface area contributed by atoms with Crippen LogP contribution in [-0.2, 0) is 0 Å². The SMILES string of the molecule is C[C@@H]1CCCN(CCCOc2ccccc2C(=O)O)C1. The fourth-order valence-corrected chi connectivity index (χ4v) is 2.73. The van der Waals surface area contributed by atoms with Gasteiger partial charge in [0.05, 0.1) is 6.61 Å². The topological polar surface area (TPSA) is 49.8 Å². The first kappa shape index (κ1) is 14.9. The number of ether oxygens (including phenoxy) is 1. The molecule has 0 bridgehead atoms. The van der Waals surface area contributed by atoms with Crippen LogP contribution >= 0.6 is 0 Å². The number of benzene rings is 1. The number of likely N-dealkylation sites (tertiary alicyclic amines) is 1. The predicted octanol–water partition coefficient (Wildman–Crippen LogP) is 2.89. The van der Waals surface area contributed by atoms with Crippen LogP contribution in [0.3, 0.4) is 0 Å². The molecule has 0 aliphatic carbocycles. The van der Waals surface area contributed by atoms with Crippen LogP contribution < -0.4 is 4.74 Å². The number of hydrogen-bond acceptors (Lipinski definition) is 3. The van der Waals surface area contributed by atoms with Crippen molar-refractivity contribution in [2.24, 2.45) is 5.92 Å². The first-order valence-electron chi connectivity index (χ1n) is 7.34. The molecule has 0 unspecified atom stereocenters. The van der Waals surface area contributed by atoms with Gasteiger partial charge in [-0.25, -0.2) is 4.79 Å². The zero-order valence-electron chi connectivity index (χ0n) is 12.0. The normalized spacial score (nSPS) is 19.8. The third kappa shape index (κ3) is 4.23. The van der Waals surface area contributed by atoms with Gasteiger partial charge in [-0.3, -0.25) is 0 Å². The molecule has 1 heterocycles. The number of carbonyl (C=O) groups is 1. The van der Waals surface area contributed by atoms with Crippen molar-refractivity contribution < 1.29 is 14.6 Å². The minimum Gasteiger partial charge on any atom is -0.493 e. The summed E-state index contributed by atoms with van der Waals surface area (Å²) >= 11 is 0. The molecule has 1 atom stereocenters. The van der Waals surface area contributed by atoms with Crippen LogP contribution in [0.25, 0.3) is 0 Å². The maximum Gasteiger partial charge on any atom is 0.339 e. The smallest absolute Gasteiger partial charge is 0.339 e. The average Bonchev–Trinajstić information content (AvgIpc) is 2.44. The number of para-hydroxylation sites is 1. The van der Waals surface area contributed by atoms with E-state index in [1.165, 1.54) is 25.9 Å². The number of hydrogen-bond donors (Lipinski definition) is 1. The highest BCUT2D eigenvalue weighted by molar-refractivity contribution is 5.90. The van der Waals surface area contributed by atoms with Gasteiger partial charge in [0, 0.05) is 13.1 Å². The van der Waals surface area contributed by atoms with Gasteiger partial charge in [-0.1, -0.05) is 19.1 Å². The van der Waals surface area contributed by atoms with Crippen LogP contribution in [0.4, 0.5) is 0 Å². The molecule has 0 saturated carbocycles. The Kier molecular flexibility index (Phi) is 5.41. The molecule has 1 fully saturated rings. The first-order chi connectivity index (χ1) is 9.66. The summed E-state index contributed by atoms with van der Waals surface area (Å²) in [6.07, 6.45) is 3.55. The van der Waals surface area contributed by atoms with Gasteiger partial charge >= 0.3 is 5.97 Å². The molecule has 1 aromatic carbocycles. The second kappa shape index (κ2) is 7.29. The summed E-state index contributed by atoms with van der Waals surface area (Å²) in [6, 6.07) is 6.80. The van der Waals surface area contributed by atoms with Crippen molar-refractivity contribution >= 4 is 5.97 Å². The standard InChI is InChI=1S/C16H23NO3/c1-13-6-4-9-17(12-13)10-5-11-20-15-8-3-2-7-14(15)16(18)19/h2-3,7-8,13H,4-6,9-12H2,1H3,(H,18,19)/t13-/m1/s1. The number of piperidine rings is 1. The van der Waals surface area contributed by atoms with Gasteiger partial charge in [0.15, 0.2) is 0 Å². The van der Waals surface area contributed by atoms with E-state index in [2.05, 4.69) is 11.8 Å². The van der Waals surface area contributed by atoms with Crippen LogP contribution in [0.1, 0.15) is 36.5 Å². The van der Waals surface area contributed by atoms with Crippen molar-refractivity contribution in [2.75, 3.05) is 26.2 Å². The van der Waals surface area contributed by atoms with E-state index in [1.807, 2.05) is 0 Å². The molecule has 2 rings (SSSR count). The van der Waals surface area contributed by atoms with Gasteiger partial charge in [-0.05, 0) is 43.9 Å². The largest absolute Gasteiger partial charge is 0.493 e. The highest BCUT2D eigenvalue weighted by atomic mass is 16.5. The molecule has 1 aliphatic heterocycles. The zero-order chi connectivity index (χ0) is 14.4. The van der Waals surface area contributed by atoms with Crippen LogP contribution in [0, 0.1) is 5.92 Å². The molecule has 0 amide bonds. The van der Waals surface area contributed by atoms with Crippen molar-refractivity contribution in [1.82, 2.24) is 4.90 Å². The summed E-state index contributed by atoms with van der Waals surface area (Å²) in [4.78, 5) is 13.5. The molecular weight excluding hydrogens is 254 g/mol. The zero-order valence-corrected chi connectivity index (χ0v) is 12.0. The third-order valence-corrected chi connectivity index (χ3v) is 3.73. The lowest BCUT2D eigenvalue weighted by Gasteiger charge is -2.30. The minimum absolute atomic E-state index is 0.235. The van der Waals surface area contributed by atoms with E-state index < -0.39 is 5.97 Å². The summed E-state index contributed by atoms with van der Waals surface area (Å²) in [7, 11) is 0. The Labute approximate surface area is 120 Å². The van der Waals surface area contributed by atoms with E-state index in [-0.39, 0.29) is 5.56 Å². The quantitative estimate of drug-likeness (QED) is 0.812. The molecule has 1 aliphatic rings. The molecule has 4 heteroatoms. The number of carboxylic acids is 1. The molecule has 20 heavy (non-hydrogen) atoms. The second-order valence-electron chi connectivity index (χ2n) is 5.55.